The molecule has 0 spiro atoms. The minimum absolute atomic E-state index is 0.0404. The Kier molecular flexibility index (Phi) is 7.10. The number of aryl methyl sites for hydroxylation is 1. The standard InChI is InChI=1S/C26H29N3O2S/c1-18-9-8-14-23(19(18)2)29-25(31)21-12-6-7-13-22(21)28-26(29)32-17-24(30)27-16-15-20-10-4-3-5-11-20/h6-10,12-14H,3-5,11,15-17H2,1-2H3,(H,27,30). The van der Waals surface area contributed by atoms with Crippen LogP contribution in [-0.4, -0.2) is 27.8 Å². The third-order valence-corrected chi connectivity index (χ3v) is 6.99. The Morgan fingerprint density at radius 2 is 1.97 bits per heavy atom. The van der Waals surface area contributed by atoms with Crippen LogP contribution in [0.1, 0.15) is 43.2 Å². The van der Waals surface area contributed by atoms with Crippen LogP contribution in [0.2, 0.25) is 0 Å². The van der Waals surface area contributed by atoms with Crippen LogP contribution < -0.4 is 10.9 Å². The van der Waals surface area contributed by atoms with Crippen molar-refractivity contribution in [2.24, 2.45) is 0 Å². The van der Waals surface area contributed by atoms with Crippen LogP contribution in [0.5, 0.6) is 0 Å². The number of fused-ring (bicyclic) bond motifs is 1. The molecule has 4 rings (SSSR count). The Hall–Kier alpha value is -2.86. The number of hydrogen-bond donors (Lipinski definition) is 1. The van der Waals surface area contributed by atoms with E-state index in [0.717, 1.165) is 36.1 Å². The largest absolute Gasteiger partial charge is 0.355 e. The lowest BCUT2D eigenvalue weighted by molar-refractivity contribution is -0.118. The van der Waals surface area contributed by atoms with Crippen molar-refractivity contribution >= 4 is 28.6 Å². The Morgan fingerprint density at radius 3 is 2.78 bits per heavy atom. The third kappa shape index (κ3) is 4.96. The van der Waals surface area contributed by atoms with Crippen molar-refractivity contribution in [1.82, 2.24) is 14.9 Å². The molecule has 1 aliphatic carbocycles. The van der Waals surface area contributed by atoms with Gasteiger partial charge >= 0.3 is 0 Å². The van der Waals surface area contributed by atoms with Crippen LogP contribution >= 0.6 is 11.8 Å². The number of carbonyl (C=O) groups excluding carboxylic acids is 1. The summed E-state index contributed by atoms with van der Waals surface area (Å²) in [6, 6.07) is 13.3. The number of carbonyl (C=O) groups is 1. The highest BCUT2D eigenvalue weighted by Gasteiger charge is 2.16. The topological polar surface area (TPSA) is 64.0 Å². The van der Waals surface area contributed by atoms with Crippen molar-refractivity contribution in [1.29, 1.82) is 0 Å². The van der Waals surface area contributed by atoms with Gasteiger partial charge in [0.05, 0.1) is 22.3 Å². The van der Waals surface area contributed by atoms with Crippen LogP contribution in [0.3, 0.4) is 0 Å². The molecule has 0 aliphatic heterocycles. The first-order valence-corrected chi connectivity index (χ1v) is 12.2. The number of amides is 1. The van der Waals surface area contributed by atoms with E-state index in [4.69, 9.17) is 4.98 Å². The van der Waals surface area contributed by atoms with Gasteiger partial charge in [-0.05, 0) is 75.3 Å². The first-order valence-electron chi connectivity index (χ1n) is 11.2. The predicted molar refractivity (Wildman–Crippen MR) is 132 cm³/mol. The van der Waals surface area contributed by atoms with Gasteiger partial charge in [0.2, 0.25) is 5.91 Å². The second-order valence-electron chi connectivity index (χ2n) is 8.27. The zero-order valence-electron chi connectivity index (χ0n) is 18.7. The quantitative estimate of drug-likeness (QED) is 0.311. The normalized spacial score (nSPS) is 13.8. The Labute approximate surface area is 192 Å². The summed E-state index contributed by atoms with van der Waals surface area (Å²) in [7, 11) is 0. The molecule has 0 radical (unpaired) electrons. The lowest BCUT2D eigenvalue weighted by Crippen LogP contribution is -2.28. The molecule has 5 nitrogen and oxygen atoms in total. The van der Waals surface area contributed by atoms with E-state index in [9.17, 15) is 9.59 Å². The summed E-state index contributed by atoms with van der Waals surface area (Å²) in [6.45, 7) is 4.69. The maximum Gasteiger partial charge on any atom is 0.266 e. The number of rotatable bonds is 7. The smallest absolute Gasteiger partial charge is 0.266 e. The van der Waals surface area contributed by atoms with E-state index in [1.54, 1.807) is 10.6 Å². The second kappa shape index (κ2) is 10.2. The minimum atomic E-state index is -0.114. The summed E-state index contributed by atoms with van der Waals surface area (Å²) in [4.78, 5) is 30.7. The van der Waals surface area contributed by atoms with Crippen LogP contribution in [0.4, 0.5) is 0 Å². The lowest BCUT2D eigenvalue weighted by Gasteiger charge is -2.16. The van der Waals surface area contributed by atoms with Gasteiger partial charge in [0, 0.05) is 6.54 Å². The van der Waals surface area contributed by atoms with Crippen molar-refractivity contribution in [2.45, 2.75) is 51.1 Å². The number of nitrogens with zero attached hydrogens (tertiary/aromatic N) is 2. The number of nitrogens with one attached hydrogen (secondary N) is 1. The van der Waals surface area contributed by atoms with Gasteiger partial charge in [-0.3, -0.25) is 14.2 Å². The van der Waals surface area contributed by atoms with Gasteiger partial charge in [-0.1, -0.05) is 47.7 Å². The van der Waals surface area contributed by atoms with E-state index in [2.05, 4.69) is 11.4 Å². The van der Waals surface area contributed by atoms with Crippen molar-refractivity contribution in [3.63, 3.8) is 0 Å². The van der Waals surface area contributed by atoms with E-state index >= 15 is 0 Å². The molecule has 0 fully saturated rings. The summed E-state index contributed by atoms with van der Waals surface area (Å²) < 4.78 is 1.65. The molecule has 1 aromatic heterocycles. The monoisotopic (exact) mass is 447 g/mol. The SMILES string of the molecule is Cc1cccc(-n2c(SCC(=O)NCCC3=CCCCC3)nc3ccccc3c2=O)c1C. The van der Waals surface area contributed by atoms with Crippen molar-refractivity contribution in [2.75, 3.05) is 12.3 Å². The molecule has 2 aromatic carbocycles. The highest BCUT2D eigenvalue weighted by molar-refractivity contribution is 7.99. The van der Waals surface area contributed by atoms with Gasteiger partial charge < -0.3 is 5.32 Å². The molecule has 0 saturated heterocycles. The molecule has 1 N–H and O–H groups in total. The van der Waals surface area contributed by atoms with Crippen molar-refractivity contribution in [3.05, 3.63) is 75.6 Å². The average molecular weight is 448 g/mol. The highest BCUT2D eigenvalue weighted by Crippen LogP contribution is 2.24. The van der Waals surface area contributed by atoms with Gasteiger partial charge in [0.1, 0.15) is 0 Å². The number of benzene rings is 2. The first-order chi connectivity index (χ1) is 15.5. The molecule has 0 atom stereocenters. The van der Waals surface area contributed by atoms with Crippen LogP contribution in [0, 0.1) is 13.8 Å². The fraction of sp³-hybridized carbons (Fsp3) is 0.346. The number of hydrogen-bond acceptors (Lipinski definition) is 4. The average Bonchev–Trinajstić information content (AvgIpc) is 2.81. The molecule has 0 bridgehead atoms. The molecular weight excluding hydrogens is 418 g/mol. The summed E-state index contributed by atoms with van der Waals surface area (Å²) >= 11 is 1.30. The van der Waals surface area contributed by atoms with Crippen LogP contribution in [0.15, 0.2) is 64.1 Å². The van der Waals surface area contributed by atoms with E-state index in [-0.39, 0.29) is 17.2 Å². The van der Waals surface area contributed by atoms with Crippen LogP contribution in [0.25, 0.3) is 16.6 Å². The van der Waals surface area contributed by atoms with Gasteiger partial charge in [-0.25, -0.2) is 4.98 Å². The fourth-order valence-electron chi connectivity index (χ4n) is 4.07. The van der Waals surface area contributed by atoms with E-state index in [1.165, 1.54) is 30.2 Å². The number of para-hydroxylation sites is 1. The van der Waals surface area contributed by atoms with Gasteiger partial charge in [0.25, 0.3) is 5.56 Å². The zero-order valence-corrected chi connectivity index (χ0v) is 19.5. The molecule has 1 heterocycles. The maximum absolute atomic E-state index is 13.4. The summed E-state index contributed by atoms with van der Waals surface area (Å²) in [6.07, 6.45) is 8.05. The molecule has 166 valence electrons. The first kappa shape index (κ1) is 22.3. The Balaban J connectivity index is 1.56. The van der Waals surface area contributed by atoms with Crippen LogP contribution in [-0.2, 0) is 4.79 Å². The summed E-state index contributed by atoms with van der Waals surface area (Å²) in [5.41, 5.74) is 4.92. The maximum atomic E-state index is 13.4. The lowest BCUT2D eigenvalue weighted by atomic mass is 9.97. The van der Waals surface area contributed by atoms with E-state index in [1.807, 2.05) is 50.2 Å². The van der Waals surface area contributed by atoms with E-state index < -0.39 is 0 Å². The van der Waals surface area contributed by atoms with Gasteiger partial charge in [-0.2, -0.15) is 0 Å². The molecule has 0 unspecified atom stereocenters. The van der Waals surface area contributed by atoms with Crippen molar-refractivity contribution < 1.29 is 4.79 Å². The molecule has 3 aromatic rings. The number of aromatic nitrogens is 2. The van der Waals surface area contributed by atoms with E-state index in [0.29, 0.717) is 22.6 Å². The highest BCUT2D eigenvalue weighted by atomic mass is 32.2. The third-order valence-electron chi connectivity index (χ3n) is 6.05. The predicted octanol–water partition coefficient (Wildman–Crippen LogP) is 5.10. The zero-order chi connectivity index (χ0) is 22.5. The Bertz CT molecular complexity index is 1230. The molecule has 6 heteroatoms. The summed E-state index contributed by atoms with van der Waals surface area (Å²) in [5.74, 6) is 0.177. The molecule has 1 amide bonds. The van der Waals surface area contributed by atoms with Crippen molar-refractivity contribution in [3.8, 4) is 5.69 Å². The molecule has 32 heavy (non-hydrogen) atoms. The number of thioether (sulfide) groups is 1. The molecule has 0 saturated carbocycles. The van der Waals surface area contributed by atoms with Gasteiger partial charge in [-0.15, -0.1) is 0 Å². The molecular formula is C26H29N3O2S. The molecule has 1 aliphatic rings. The van der Waals surface area contributed by atoms with Gasteiger partial charge in [0.15, 0.2) is 5.16 Å². The Morgan fingerprint density at radius 1 is 1.12 bits per heavy atom. The number of allylic oxidation sites excluding steroid dienone is 1. The second-order valence-corrected chi connectivity index (χ2v) is 9.21. The fourth-order valence-corrected chi connectivity index (χ4v) is 4.91. The summed E-state index contributed by atoms with van der Waals surface area (Å²) in [5, 5.41) is 4.12. The minimum Gasteiger partial charge on any atom is -0.355 e.